The molecule has 0 aliphatic heterocycles. The SMILES string of the molecule is CC(CCCC(=O)O)NC(=O)c1ccc([N+](=O)[O-])[nH]1. The van der Waals surface area contributed by atoms with Gasteiger partial charge in [-0.05, 0) is 30.8 Å². The molecule has 0 spiro atoms. The Morgan fingerprint density at radius 2 is 2.21 bits per heavy atom. The predicted molar refractivity (Wildman–Crippen MR) is 65.9 cm³/mol. The summed E-state index contributed by atoms with van der Waals surface area (Å²) in [5.41, 5.74) is 0.108. The fraction of sp³-hybridized carbons (Fsp3) is 0.455. The standard InChI is InChI=1S/C11H15N3O5/c1-7(3-2-4-10(15)16)12-11(17)8-5-6-9(13-8)14(18)19/h5-7,13H,2-4H2,1H3,(H,12,17)(H,15,16). The first kappa shape index (κ1) is 14.7. The number of carboxylic acid groups (broad SMARTS) is 1. The minimum Gasteiger partial charge on any atom is -0.481 e. The first-order chi connectivity index (χ1) is 8.90. The summed E-state index contributed by atoms with van der Waals surface area (Å²) in [7, 11) is 0. The number of carboxylic acids is 1. The Kier molecular flexibility index (Phi) is 5.04. The van der Waals surface area contributed by atoms with Crippen LogP contribution in [0, 0.1) is 10.1 Å². The molecule has 0 fully saturated rings. The summed E-state index contributed by atoms with van der Waals surface area (Å²) in [5.74, 6) is -1.57. The van der Waals surface area contributed by atoms with E-state index in [2.05, 4.69) is 10.3 Å². The Labute approximate surface area is 109 Å². The average molecular weight is 269 g/mol. The predicted octanol–water partition coefficient (Wildman–Crippen LogP) is 1.30. The second-order valence-corrected chi connectivity index (χ2v) is 4.17. The maximum Gasteiger partial charge on any atom is 0.321 e. The lowest BCUT2D eigenvalue weighted by molar-refractivity contribution is -0.389. The lowest BCUT2D eigenvalue weighted by Gasteiger charge is -2.11. The summed E-state index contributed by atoms with van der Waals surface area (Å²) in [5, 5.41) is 21.6. The zero-order valence-electron chi connectivity index (χ0n) is 10.4. The number of hydrogen-bond acceptors (Lipinski definition) is 4. The number of aromatic amines is 1. The van der Waals surface area contributed by atoms with Crippen LogP contribution in [0.2, 0.25) is 0 Å². The zero-order chi connectivity index (χ0) is 14.4. The van der Waals surface area contributed by atoms with Crippen LogP contribution in [0.4, 0.5) is 5.82 Å². The molecule has 0 saturated carbocycles. The molecule has 0 aromatic carbocycles. The van der Waals surface area contributed by atoms with Crippen LogP contribution in [0.3, 0.4) is 0 Å². The first-order valence-corrected chi connectivity index (χ1v) is 5.76. The summed E-state index contributed by atoms with van der Waals surface area (Å²) >= 11 is 0. The Morgan fingerprint density at radius 3 is 2.74 bits per heavy atom. The molecule has 1 amide bonds. The van der Waals surface area contributed by atoms with Crippen LogP contribution < -0.4 is 5.32 Å². The van der Waals surface area contributed by atoms with Crippen LogP contribution in [0.25, 0.3) is 0 Å². The van der Waals surface area contributed by atoms with E-state index in [4.69, 9.17) is 5.11 Å². The first-order valence-electron chi connectivity index (χ1n) is 5.76. The molecule has 104 valence electrons. The molecule has 1 atom stereocenters. The molecule has 8 heteroatoms. The van der Waals surface area contributed by atoms with Gasteiger partial charge < -0.3 is 20.5 Å². The van der Waals surface area contributed by atoms with Crippen molar-refractivity contribution in [2.75, 3.05) is 0 Å². The number of carbonyl (C=O) groups is 2. The highest BCUT2D eigenvalue weighted by molar-refractivity contribution is 5.93. The molecule has 8 nitrogen and oxygen atoms in total. The van der Waals surface area contributed by atoms with Crippen molar-refractivity contribution in [2.24, 2.45) is 0 Å². The van der Waals surface area contributed by atoms with Crippen molar-refractivity contribution in [3.8, 4) is 0 Å². The van der Waals surface area contributed by atoms with Crippen molar-refractivity contribution in [1.29, 1.82) is 0 Å². The van der Waals surface area contributed by atoms with Gasteiger partial charge in [0.1, 0.15) is 0 Å². The lowest BCUT2D eigenvalue weighted by Crippen LogP contribution is -2.32. The Balaban J connectivity index is 2.45. The quantitative estimate of drug-likeness (QED) is 0.508. The molecule has 0 bridgehead atoms. The fourth-order valence-electron chi connectivity index (χ4n) is 1.56. The van der Waals surface area contributed by atoms with Crippen LogP contribution >= 0.6 is 0 Å². The van der Waals surface area contributed by atoms with Crippen LogP contribution in [0.5, 0.6) is 0 Å². The van der Waals surface area contributed by atoms with Gasteiger partial charge >= 0.3 is 11.8 Å². The van der Waals surface area contributed by atoms with Gasteiger partial charge in [0.05, 0.1) is 0 Å². The van der Waals surface area contributed by atoms with E-state index in [1.54, 1.807) is 6.92 Å². The highest BCUT2D eigenvalue weighted by Gasteiger charge is 2.17. The summed E-state index contributed by atoms with van der Waals surface area (Å²) in [6.07, 6.45) is 1.04. The van der Waals surface area contributed by atoms with Crippen molar-refractivity contribution in [1.82, 2.24) is 10.3 Å². The number of aliphatic carboxylic acids is 1. The maximum absolute atomic E-state index is 11.7. The average Bonchev–Trinajstić information content (AvgIpc) is 2.77. The molecule has 3 N–H and O–H groups in total. The molecular weight excluding hydrogens is 254 g/mol. The zero-order valence-corrected chi connectivity index (χ0v) is 10.4. The number of H-pyrrole nitrogens is 1. The topological polar surface area (TPSA) is 125 Å². The number of nitrogens with one attached hydrogen (secondary N) is 2. The van der Waals surface area contributed by atoms with Crippen LogP contribution in [-0.2, 0) is 4.79 Å². The lowest BCUT2D eigenvalue weighted by atomic mass is 10.1. The molecule has 1 heterocycles. The third-order valence-corrected chi connectivity index (χ3v) is 2.52. The number of nitro groups is 1. The van der Waals surface area contributed by atoms with E-state index in [-0.39, 0.29) is 24.0 Å². The summed E-state index contributed by atoms with van der Waals surface area (Å²) in [6.45, 7) is 1.75. The van der Waals surface area contributed by atoms with E-state index in [9.17, 15) is 19.7 Å². The van der Waals surface area contributed by atoms with Gasteiger partial charge in [0.15, 0.2) is 5.69 Å². The Hall–Kier alpha value is -2.38. The van der Waals surface area contributed by atoms with Crippen molar-refractivity contribution in [3.63, 3.8) is 0 Å². The number of aromatic nitrogens is 1. The van der Waals surface area contributed by atoms with E-state index in [1.165, 1.54) is 12.1 Å². The number of hydrogen-bond donors (Lipinski definition) is 3. The minimum absolute atomic E-state index is 0.0498. The molecule has 0 aliphatic rings. The second kappa shape index (κ2) is 6.53. The van der Waals surface area contributed by atoms with Gasteiger partial charge in [-0.15, -0.1) is 0 Å². The van der Waals surface area contributed by atoms with Crippen LogP contribution in [0.1, 0.15) is 36.7 Å². The van der Waals surface area contributed by atoms with Gasteiger partial charge in [-0.25, -0.2) is 4.98 Å². The number of carbonyl (C=O) groups excluding carboxylic acids is 1. The highest BCUT2D eigenvalue weighted by atomic mass is 16.6. The normalized spacial score (nSPS) is 11.8. The van der Waals surface area contributed by atoms with Crippen molar-refractivity contribution in [3.05, 3.63) is 27.9 Å². The Morgan fingerprint density at radius 1 is 1.53 bits per heavy atom. The molecule has 19 heavy (non-hydrogen) atoms. The van der Waals surface area contributed by atoms with E-state index in [0.717, 1.165) is 0 Å². The van der Waals surface area contributed by atoms with E-state index >= 15 is 0 Å². The van der Waals surface area contributed by atoms with E-state index < -0.39 is 16.8 Å². The third-order valence-electron chi connectivity index (χ3n) is 2.52. The largest absolute Gasteiger partial charge is 0.481 e. The molecule has 1 aromatic rings. The minimum atomic E-state index is -0.876. The number of amides is 1. The van der Waals surface area contributed by atoms with Gasteiger partial charge in [0, 0.05) is 18.5 Å². The van der Waals surface area contributed by atoms with Gasteiger partial charge in [-0.2, -0.15) is 0 Å². The van der Waals surface area contributed by atoms with Gasteiger partial charge in [-0.3, -0.25) is 9.59 Å². The Bertz CT molecular complexity index is 482. The number of nitrogens with zero attached hydrogens (tertiary/aromatic N) is 1. The fourth-order valence-corrected chi connectivity index (χ4v) is 1.56. The highest BCUT2D eigenvalue weighted by Crippen LogP contribution is 2.10. The molecule has 1 rings (SSSR count). The van der Waals surface area contributed by atoms with E-state index in [1.807, 2.05) is 0 Å². The molecule has 1 unspecified atom stereocenters. The summed E-state index contributed by atoms with van der Waals surface area (Å²) in [6, 6.07) is 2.34. The summed E-state index contributed by atoms with van der Waals surface area (Å²) in [4.78, 5) is 34.3. The monoisotopic (exact) mass is 269 g/mol. The van der Waals surface area contributed by atoms with Gasteiger partial charge in [0.25, 0.3) is 5.91 Å². The molecule has 1 aromatic heterocycles. The molecule has 0 aliphatic carbocycles. The number of rotatable bonds is 7. The maximum atomic E-state index is 11.7. The third kappa shape index (κ3) is 4.78. The molecule has 0 radical (unpaired) electrons. The second-order valence-electron chi connectivity index (χ2n) is 4.17. The van der Waals surface area contributed by atoms with Gasteiger partial charge in [0.2, 0.25) is 0 Å². The van der Waals surface area contributed by atoms with Gasteiger partial charge in [-0.1, -0.05) is 0 Å². The van der Waals surface area contributed by atoms with Crippen molar-refractivity contribution >= 4 is 17.7 Å². The van der Waals surface area contributed by atoms with Crippen molar-refractivity contribution < 1.29 is 19.6 Å². The van der Waals surface area contributed by atoms with E-state index in [0.29, 0.717) is 12.8 Å². The molecule has 0 saturated heterocycles. The van der Waals surface area contributed by atoms with Crippen molar-refractivity contribution in [2.45, 2.75) is 32.2 Å². The van der Waals surface area contributed by atoms with Crippen LogP contribution in [0.15, 0.2) is 12.1 Å². The smallest absolute Gasteiger partial charge is 0.321 e. The van der Waals surface area contributed by atoms with Crippen LogP contribution in [-0.4, -0.2) is 32.9 Å². The summed E-state index contributed by atoms with van der Waals surface area (Å²) < 4.78 is 0. The molecular formula is C11H15N3O5.